The minimum atomic E-state index is -3.41. The molecule has 0 aliphatic carbocycles. The van der Waals surface area contributed by atoms with E-state index in [1.807, 2.05) is 19.9 Å². The molecule has 96 valence electrons. The molecule has 0 fully saturated rings. The number of aromatic amines is 1. The number of sulfonamides is 1. The number of nitrogens with one attached hydrogen (secondary N) is 2. The molecular formula is C12H15N3O2S. The zero-order valence-electron chi connectivity index (χ0n) is 10.3. The van der Waals surface area contributed by atoms with Crippen LogP contribution in [0.1, 0.15) is 24.7 Å². The first-order chi connectivity index (χ1) is 8.45. The summed E-state index contributed by atoms with van der Waals surface area (Å²) in [6, 6.07) is 3.53. The zero-order valence-corrected chi connectivity index (χ0v) is 11.1. The van der Waals surface area contributed by atoms with Gasteiger partial charge in [-0.25, -0.2) is 18.1 Å². The largest absolute Gasteiger partial charge is 0.342 e. The highest BCUT2D eigenvalue weighted by molar-refractivity contribution is 7.89. The number of H-pyrrole nitrogens is 1. The van der Waals surface area contributed by atoms with E-state index in [4.69, 9.17) is 0 Å². The van der Waals surface area contributed by atoms with Crippen molar-refractivity contribution in [1.82, 2.24) is 14.7 Å². The molecule has 0 bridgehead atoms. The van der Waals surface area contributed by atoms with Gasteiger partial charge in [0.25, 0.3) is 0 Å². The normalized spacial score (nSPS) is 22.7. The molecule has 1 atom stereocenters. The van der Waals surface area contributed by atoms with Crippen LogP contribution in [0.3, 0.4) is 0 Å². The van der Waals surface area contributed by atoms with Gasteiger partial charge in [0.2, 0.25) is 10.0 Å². The van der Waals surface area contributed by atoms with Gasteiger partial charge in [0, 0.05) is 6.04 Å². The number of hydrogen-bond acceptors (Lipinski definition) is 3. The Morgan fingerprint density at radius 3 is 2.94 bits per heavy atom. The Labute approximate surface area is 106 Å². The Bertz CT molecular complexity index is 718. The van der Waals surface area contributed by atoms with E-state index < -0.39 is 10.0 Å². The molecule has 2 heterocycles. The van der Waals surface area contributed by atoms with Crippen LogP contribution in [0, 0.1) is 6.92 Å². The Balaban J connectivity index is 2.28. The van der Waals surface area contributed by atoms with Gasteiger partial charge in [0.1, 0.15) is 5.82 Å². The molecule has 2 N–H and O–H groups in total. The summed E-state index contributed by atoms with van der Waals surface area (Å²) in [5.74, 6) is 0.795. The van der Waals surface area contributed by atoms with Crippen LogP contribution in [0.15, 0.2) is 17.0 Å². The van der Waals surface area contributed by atoms with Crippen LogP contribution in [-0.2, 0) is 16.4 Å². The topological polar surface area (TPSA) is 74.8 Å². The van der Waals surface area contributed by atoms with Gasteiger partial charge in [-0.2, -0.15) is 0 Å². The SMILES string of the molecule is Cc1nc2cc3c(cc2[nH]1)S(=O)(=O)NC(C)CC3. The molecule has 0 saturated heterocycles. The van der Waals surface area contributed by atoms with Crippen LogP contribution in [0.4, 0.5) is 0 Å². The van der Waals surface area contributed by atoms with Crippen molar-refractivity contribution < 1.29 is 8.42 Å². The van der Waals surface area contributed by atoms with E-state index in [1.165, 1.54) is 0 Å². The van der Waals surface area contributed by atoms with Crippen molar-refractivity contribution in [1.29, 1.82) is 0 Å². The van der Waals surface area contributed by atoms with Crippen molar-refractivity contribution in [3.63, 3.8) is 0 Å². The summed E-state index contributed by atoms with van der Waals surface area (Å²) < 4.78 is 27.1. The number of aromatic nitrogens is 2. The lowest BCUT2D eigenvalue weighted by molar-refractivity contribution is 0.557. The van der Waals surface area contributed by atoms with Crippen molar-refractivity contribution >= 4 is 21.1 Å². The first kappa shape index (κ1) is 11.7. The highest BCUT2D eigenvalue weighted by atomic mass is 32.2. The Kier molecular flexibility index (Phi) is 2.46. The molecule has 1 aromatic heterocycles. The lowest BCUT2D eigenvalue weighted by Gasteiger charge is -2.08. The van der Waals surface area contributed by atoms with Gasteiger partial charge in [0.15, 0.2) is 0 Å². The molecule has 1 aliphatic rings. The number of hydrogen-bond donors (Lipinski definition) is 2. The van der Waals surface area contributed by atoms with Gasteiger partial charge in [-0.05, 0) is 44.4 Å². The van der Waals surface area contributed by atoms with Crippen LogP contribution in [0.2, 0.25) is 0 Å². The first-order valence-electron chi connectivity index (χ1n) is 5.97. The maximum absolute atomic E-state index is 12.2. The standard InChI is InChI=1S/C12H15N3O2S/c1-7-3-4-9-5-10-11(14-8(2)13-10)6-12(9)18(16,17)15-7/h5-7,15H,3-4H2,1-2H3,(H,13,14). The van der Waals surface area contributed by atoms with E-state index in [9.17, 15) is 8.42 Å². The van der Waals surface area contributed by atoms with E-state index in [-0.39, 0.29) is 6.04 Å². The van der Waals surface area contributed by atoms with Crippen molar-refractivity contribution in [3.8, 4) is 0 Å². The molecule has 0 radical (unpaired) electrons. The van der Waals surface area contributed by atoms with Crippen LogP contribution < -0.4 is 4.72 Å². The molecule has 1 aromatic carbocycles. The minimum absolute atomic E-state index is 0.0320. The molecule has 5 nitrogen and oxygen atoms in total. The van der Waals surface area contributed by atoms with Gasteiger partial charge >= 0.3 is 0 Å². The number of aryl methyl sites for hydroxylation is 2. The summed E-state index contributed by atoms with van der Waals surface area (Å²) in [7, 11) is -3.41. The smallest absolute Gasteiger partial charge is 0.241 e. The molecule has 0 spiro atoms. The highest BCUT2D eigenvalue weighted by Crippen LogP contribution is 2.26. The molecule has 18 heavy (non-hydrogen) atoms. The molecule has 0 saturated carbocycles. The minimum Gasteiger partial charge on any atom is -0.342 e. The average Bonchev–Trinajstić information content (AvgIpc) is 2.58. The lowest BCUT2D eigenvalue weighted by atomic mass is 10.1. The summed E-state index contributed by atoms with van der Waals surface area (Å²) in [6.07, 6.45) is 1.56. The van der Waals surface area contributed by atoms with Gasteiger partial charge in [-0.3, -0.25) is 0 Å². The van der Waals surface area contributed by atoms with E-state index in [1.54, 1.807) is 6.07 Å². The second-order valence-corrected chi connectivity index (χ2v) is 6.54. The van der Waals surface area contributed by atoms with Gasteiger partial charge < -0.3 is 4.98 Å². The van der Waals surface area contributed by atoms with Crippen LogP contribution in [0.25, 0.3) is 11.0 Å². The monoisotopic (exact) mass is 265 g/mol. The Morgan fingerprint density at radius 2 is 2.17 bits per heavy atom. The second-order valence-electron chi connectivity index (χ2n) is 4.86. The van der Waals surface area contributed by atoms with Gasteiger partial charge in [0.05, 0.1) is 15.9 Å². The lowest BCUT2D eigenvalue weighted by Crippen LogP contribution is -2.30. The quantitative estimate of drug-likeness (QED) is 0.757. The maximum Gasteiger partial charge on any atom is 0.241 e. The fraction of sp³-hybridized carbons (Fsp3) is 0.417. The van der Waals surface area contributed by atoms with Crippen molar-refractivity contribution in [2.45, 2.75) is 37.6 Å². The Hall–Kier alpha value is -1.40. The molecular weight excluding hydrogens is 250 g/mol. The molecule has 2 aromatic rings. The third-order valence-corrected chi connectivity index (χ3v) is 4.95. The molecule has 1 unspecified atom stereocenters. The average molecular weight is 265 g/mol. The summed E-state index contributed by atoms with van der Waals surface area (Å²) in [5.41, 5.74) is 2.45. The summed E-state index contributed by atoms with van der Waals surface area (Å²) in [6.45, 7) is 3.75. The first-order valence-corrected chi connectivity index (χ1v) is 7.45. The number of fused-ring (bicyclic) bond motifs is 2. The van der Waals surface area contributed by atoms with E-state index in [2.05, 4.69) is 14.7 Å². The summed E-state index contributed by atoms with van der Waals surface area (Å²) >= 11 is 0. The molecule has 0 amide bonds. The molecule has 3 rings (SSSR count). The zero-order chi connectivity index (χ0) is 12.9. The van der Waals surface area contributed by atoms with Crippen LogP contribution in [-0.4, -0.2) is 24.4 Å². The number of benzene rings is 1. The predicted molar refractivity (Wildman–Crippen MR) is 68.9 cm³/mol. The van der Waals surface area contributed by atoms with E-state index in [0.29, 0.717) is 4.90 Å². The van der Waals surface area contributed by atoms with Crippen molar-refractivity contribution in [2.24, 2.45) is 0 Å². The number of imidazole rings is 1. The fourth-order valence-corrected chi connectivity index (χ4v) is 3.97. The Morgan fingerprint density at radius 1 is 1.39 bits per heavy atom. The third-order valence-electron chi connectivity index (χ3n) is 3.28. The van der Waals surface area contributed by atoms with Crippen molar-refractivity contribution in [2.75, 3.05) is 0 Å². The van der Waals surface area contributed by atoms with Crippen molar-refractivity contribution in [3.05, 3.63) is 23.5 Å². The highest BCUT2D eigenvalue weighted by Gasteiger charge is 2.25. The second kappa shape index (κ2) is 3.80. The summed E-state index contributed by atoms with van der Waals surface area (Å²) in [5, 5.41) is 0. The van der Waals surface area contributed by atoms with Gasteiger partial charge in [-0.15, -0.1) is 0 Å². The summed E-state index contributed by atoms with van der Waals surface area (Å²) in [4.78, 5) is 7.80. The third kappa shape index (κ3) is 1.81. The maximum atomic E-state index is 12.2. The van der Waals surface area contributed by atoms with Crippen LogP contribution >= 0.6 is 0 Å². The molecule has 1 aliphatic heterocycles. The predicted octanol–water partition coefficient (Wildman–Crippen LogP) is 1.48. The molecule has 6 heteroatoms. The van der Waals surface area contributed by atoms with E-state index in [0.717, 1.165) is 35.3 Å². The van der Waals surface area contributed by atoms with Crippen LogP contribution in [0.5, 0.6) is 0 Å². The number of nitrogens with zero attached hydrogens (tertiary/aromatic N) is 1. The fourth-order valence-electron chi connectivity index (χ4n) is 2.41. The number of rotatable bonds is 0. The van der Waals surface area contributed by atoms with E-state index >= 15 is 0 Å². The van der Waals surface area contributed by atoms with Gasteiger partial charge in [-0.1, -0.05) is 0 Å².